The Morgan fingerprint density at radius 1 is 1.42 bits per heavy atom. The molecule has 0 amide bonds. The molecule has 2 heteroatoms. The normalized spacial score (nSPS) is 14.1. The Balaban J connectivity index is 0.000000336. The third-order valence-electron chi connectivity index (χ3n) is 1.87. The molecule has 1 aromatic heterocycles. The van der Waals surface area contributed by atoms with Crippen LogP contribution in [0.25, 0.3) is 6.08 Å². The van der Waals surface area contributed by atoms with E-state index in [0.717, 1.165) is 12.4 Å². The molecule has 1 aliphatic heterocycles. The van der Waals surface area contributed by atoms with E-state index in [0.29, 0.717) is 0 Å². The monoisotopic (exact) mass is 164 g/mol. The molecule has 66 valence electrons. The Morgan fingerprint density at radius 3 is 2.92 bits per heavy atom. The highest BCUT2D eigenvalue weighted by Gasteiger charge is 2.05. The first-order valence-electron chi connectivity index (χ1n) is 4.54. The van der Waals surface area contributed by atoms with Crippen LogP contribution >= 0.6 is 0 Å². The van der Waals surface area contributed by atoms with E-state index < -0.39 is 0 Å². The summed E-state index contributed by atoms with van der Waals surface area (Å²) in [5.74, 6) is 1.10. The molecule has 2 heterocycles. The van der Waals surface area contributed by atoms with Crippen molar-refractivity contribution in [2.75, 3.05) is 0 Å². The van der Waals surface area contributed by atoms with Crippen molar-refractivity contribution < 1.29 is 0 Å². The number of imidazole rings is 1. The molecule has 1 aliphatic rings. The average molecular weight is 164 g/mol. The van der Waals surface area contributed by atoms with Crippen LogP contribution in [-0.2, 0) is 6.54 Å². The van der Waals surface area contributed by atoms with Crippen molar-refractivity contribution in [2.24, 2.45) is 0 Å². The summed E-state index contributed by atoms with van der Waals surface area (Å²) in [5.41, 5.74) is 1.43. The minimum absolute atomic E-state index is 1.09. The molecule has 0 radical (unpaired) electrons. The van der Waals surface area contributed by atoms with Gasteiger partial charge in [0, 0.05) is 18.9 Å². The number of nitrogens with zero attached hydrogens (tertiary/aromatic N) is 2. The van der Waals surface area contributed by atoms with Gasteiger partial charge < -0.3 is 4.57 Å². The zero-order valence-electron chi connectivity index (χ0n) is 8.04. The molecule has 1 aromatic rings. The second-order valence-electron chi connectivity index (χ2n) is 2.72. The first kappa shape index (κ1) is 9.04. The van der Waals surface area contributed by atoms with Gasteiger partial charge in [0.1, 0.15) is 5.82 Å². The minimum Gasteiger partial charge on any atom is -0.331 e. The van der Waals surface area contributed by atoms with Gasteiger partial charge in [0.25, 0.3) is 0 Å². The van der Waals surface area contributed by atoms with Crippen molar-refractivity contribution in [1.29, 1.82) is 0 Å². The zero-order chi connectivity index (χ0) is 8.97. The maximum atomic E-state index is 4.19. The minimum atomic E-state index is 1.09. The summed E-state index contributed by atoms with van der Waals surface area (Å²) in [6, 6.07) is 0. The predicted molar refractivity (Wildman–Crippen MR) is 51.8 cm³/mol. The number of aryl methyl sites for hydroxylation is 1. The van der Waals surface area contributed by atoms with Crippen molar-refractivity contribution in [1.82, 2.24) is 9.55 Å². The fraction of sp³-hybridized carbons (Fsp3) is 0.500. The molecule has 0 aromatic carbocycles. The molecule has 0 bridgehead atoms. The quantitative estimate of drug-likeness (QED) is 0.576. The van der Waals surface area contributed by atoms with E-state index in [2.05, 4.69) is 22.6 Å². The van der Waals surface area contributed by atoms with Crippen LogP contribution in [0, 0.1) is 0 Å². The highest BCUT2D eigenvalue weighted by molar-refractivity contribution is 5.46. The fourth-order valence-electron chi connectivity index (χ4n) is 1.24. The maximum absolute atomic E-state index is 4.19. The number of fused-ring (bicyclic) bond motifs is 1. The fourth-order valence-corrected chi connectivity index (χ4v) is 1.24. The van der Waals surface area contributed by atoms with Gasteiger partial charge in [-0.05, 0) is 19.4 Å². The van der Waals surface area contributed by atoms with Gasteiger partial charge in [-0.1, -0.05) is 19.4 Å². The SMILES string of the molecule is CC.CC1=Cc2nccn2CC1. The lowest BCUT2D eigenvalue weighted by molar-refractivity contribution is 0.670. The van der Waals surface area contributed by atoms with E-state index in [9.17, 15) is 0 Å². The van der Waals surface area contributed by atoms with Crippen molar-refractivity contribution in [3.8, 4) is 0 Å². The lowest BCUT2D eigenvalue weighted by atomic mass is 10.1. The van der Waals surface area contributed by atoms with Gasteiger partial charge in [0.05, 0.1) is 0 Å². The lowest BCUT2D eigenvalue weighted by Crippen LogP contribution is -2.04. The maximum Gasteiger partial charge on any atom is 0.132 e. The molecule has 0 saturated heterocycles. The first-order valence-corrected chi connectivity index (χ1v) is 4.54. The van der Waals surface area contributed by atoms with E-state index in [1.54, 1.807) is 0 Å². The summed E-state index contributed by atoms with van der Waals surface area (Å²) in [5, 5.41) is 0. The summed E-state index contributed by atoms with van der Waals surface area (Å²) in [4.78, 5) is 4.19. The Morgan fingerprint density at radius 2 is 2.17 bits per heavy atom. The molecule has 12 heavy (non-hydrogen) atoms. The first-order chi connectivity index (χ1) is 5.86. The second-order valence-corrected chi connectivity index (χ2v) is 2.72. The standard InChI is InChI=1S/C8H10N2.C2H6/c1-7-2-4-10-5-3-9-8(10)6-7;1-2/h3,5-6H,2,4H2,1H3;1-2H3. The van der Waals surface area contributed by atoms with E-state index in [4.69, 9.17) is 0 Å². The summed E-state index contributed by atoms with van der Waals surface area (Å²) < 4.78 is 2.17. The number of rotatable bonds is 0. The van der Waals surface area contributed by atoms with E-state index in [1.165, 1.54) is 12.0 Å². The van der Waals surface area contributed by atoms with Crippen LogP contribution in [0.5, 0.6) is 0 Å². The molecule has 0 fully saturated rings. The highest BCUT2D eigenvalue weighted by Crippen LogP contribution is 2.15. The van der Waals surface area contributed by atoms with Crippen LogP contribution in [-0.4, -0.2) is 9.55 Å². The number of hydrogen-bond acceptors (Lipinski definition) is 1. The van der Waals surface area contributed by atoms with Crippen LogP contribution in [0.3, 0.4) is 0 Å². The summed E-state index contributed by atoms with van der Waals surface area (Å²) >= 11 is 0. The molecular formula is C10H16N2. The van der Waals surface area contributed by atoms with Gasteiger partial charge in [-0.2, -0.15) is 0 Å². The number of aromatic nitrogens is 2. The molecule has 0 spiro atoms. The highest BCUT2D eigenvalue weighted by atomic mass is 15.1. The topological polar surface area (TPSA) is 17.8 Å². The van der Waals surface area contributed by atoms with Crippen molar-refractivity contribution in [3.05, 3.63) is 23.8 Å². The lowest BCUT2D eigenvalue weighted by Gasteiger charge is -2.11. The van der Waals surface area contributed by atoms with Gasteiger partial charge in [0.15, 0.2) is 0 Å². The van der Waals surface area contributed by atoms with Crippen LogP contribution in [0.15, 0.2) is 18.0 Å². The van der Waals surface area contributed by atoms with E-state index in [1.807, 2.05) is 26.2 Å². The number of hydrogen-bond donors (Lipinski definition) is 0. The van der Waals surface area contributed by atoms with E-state index in [-0.39, 0.29) is 0 Å². The van der Waals surface area contributed by atoms with Crippen LogP contribution in [0.4, 0.5) is 0 Å². The van der Waals surface area contributed by atoms with Gasteiger partial charge in [-0.25, -0.2) is 4.98 Å². The Hall–Kier alpha value is -1.05. The zero-order valence-corrected chi connectivity index (χ0v) is 8.04. The smallest absolute Gasteiger partial charge is 0.132 e. The molecule has 0 atom stereocenters. The van der Waals surface area contributed by atoms with Crippen LogP contribution < -0.4 is 0 Å². The third kappa shape index (κ3) is 1.76. The van der Waals surface area contributed by atoms with Crippen molar-refractivity contribution >= 4 is 6.08 Å². The van der Waals surface area contributed by atoms with E-state index >= 15 is 0 Å². The molecule has 0 aliphatic carbocycles. The third-order valence-corrected chi connectivity index (χ3v) is 1.87. The Bertz CT molecular complexity index is 271. The predicted octanol–water partition coefficient (Wildman–Crippen LogP) is 2.72. The molecule has 2 rings (SSSR count). The second kappa shape index (κ2) is 4.10. The van der Waals surface area contributed by atoms with Crippen molar-refractivity contribution in [3.63, 3.8) is 0 Å². The Labute approximate surface area is 73.9 Å². The average Bonchev–Trinajstić information content (AvgIpc) is 2.54. The summed E-state index contributed by atoms with van der Waals surface area (Å²) in [6.07, 6.45) is 7.19. The van der Waals surface area contributed by atoms with Crippen LogP contribution in [0.2, 0.25) is 0 Å². The largest absolute Gasteiger partial charge is 0.331 e. The molecule has 0 N–H and O–H groups in total. The van der Waals surface area contributed by atoms with Gasteiger partial charge in [0.2, 0.25) is 0 Å². The molecular weight excluding hydrogens is 148 g/mol. The summed E-state index contributed by atoms with van der Waals surface area (Å²) in [7, 11) is 0. The molecule has 2 nitrogen and oxygen atoms in total. The van der Waals surface area contributed by atoms with Crippen molar-refractivity contribution in [2.45, 2.75) is 33.7 Å². The van der Waals surface area contributed by atoms with Gasteiger partial charge in [-0.3, -0.25) is 0 Å². The Kier molecular flexibility index (Phi) is 3.09. The number of allylic oxidation sites excluding steroid dienone is 1. The van der Waals surface area contributed by atoms with Gasteiger partial charge in [-0.15, -0.1) is 0 Å². The molecule has 0 unspecified atom stereocenters. The summed E-state index contributed by atoms with van der Waals surface area (Å²) in [6.45, 7) is 7.25. The van der Waals surface area contributed by atoms with Crippen LogP contribution in [0.1, 0.15) is 33.0 Å². The van der Waals surface area contributed by atoms with Gasteiger partial charge >= 0.3 is 0 Å². The molecule has 0 saturated carbocycles.